The van der Waals surface area contributed by atoms with Gasteiger partial charge in [0.25, 0.3) is 0 Å². The lowest BCUT2D eigenvalue weighted by Crippen LogP contribution is -1.88. The van der Waals surface area contributed by atoms with Gasteiger partial charge in [-0.3, -0.25) is 4.79 Å². The second-order valence-electron chi connectivity index (χ2n) is 2.89. The summed E-state index contributed by atoms with van der Waals surface area (Å²) in [6.07, 6.45) is 0.865. The van der Waals surface area contributed by atoms with Crippen LogP contribution in [0.5, 0.6) is 0 Å². The predicted molar refractivity (Wildman–Crippen MR) is 64.0 cm³/mol. The summed E-state index contributed by atoms with van der Waals surface area (Å²) in [6.45, 7) is 0. The first-order chi connectivity index (χ1) is 6.76. The van der Waals surface area contributed by atoms with Crippen molar-refractivity contribution in [3.63, 3.8) is 0 Å². The monoisotopic (exact) mass is 242 g/mol. The fourth-order valence-electron chi connectivity index (χ4n) is 1.40. The normalized spacial score (nSPS) is 10.7. The molecule has 72 valence electrons. The molecule has 0 aliphatic rings. The first kappa shape index (κ1) is 10.0. The maximum Gasteiger partial charge on any atom is 0.151 e. The Morgan fingerprint density at radius 3 is 2.93 bits per heavy atom. The maximum absolute atomic E-state index is 10.9. The summed E-state index contributed by atoms with van der Waals surface area (Å²) >= 11 is 11.5. The smallest absolute Gasteiger partial charge is 0.151 e. The summed E-state index contributed by atoms with van der Waals surface area (Å²) in [6, 6.07) is 5.81. The van der Waals surface area contributed by atoms with Gasteiger partial charge in [-0.15, -0.1) is 35.6 Å². The molecule has 0 aliphatic carbocycles. The van der Waals surface area contributed by atoms with Crippen molar-refractivity contribution in [3.05, 3.63) is 29.3 Å². The van der Waals surface area contributed by atoms with Crippen molar-refractivity contribution in [1.82, 2.24) is 0 Å². The standard InChI is InChI=1S/C10H7ClOS2/c11-4-7-2-1-6-3-9(13)14-10(6)8(7)5-12/h1-3,5,13H,4H2. The molecule has 0 atom stereocenters. The second-order valence-corrected chi connectivity index (χ2v) is 5.00. The van der Waals surface area contributed by atoms with Crippen LogP contribution in [-0.4, -0.2) is 6.29 Å². The van der Waals surface area contributed by atoms with Gasteiger partial charge in [-0.1, -0.05) is 12.1 Å². The van der Waals surface area contributed by atoms with E-state index in [1.807, 2.05) is 18.2 Å². The lowest BCUT2D eigenvalue weighted by Gasteiger charge is -2.00. The third-order valence-corrected chi connectivity index (χ3v) is 3.74. The topological polar surface area (TPSA) is 17.1 Å². The van der Waals surface area contributed by atoms with Crippen LogP contribution in [0.25, 0.3) is 10.1 Å². The van der Waals surface area contributed by atoms with Crippen LogP contribution >= 0.6 is 35.6 Å². The summed E-state index contributed by atoms with van der Waals surface area (Å²) in [5.41, 5.74) is 1.58. The first-order valence-corrected chi connectivity index (χ1v) is 5.81. The number of thiophene rings is 1. The van der Waals surface area contributed by atoms with Crippen LogP contribution in [0, 0.1) is 0 Å². The molecule has 0 amide bonds. The molecule has 1 heterocycles. The number of carbonyl (C=O) groups is 1. The van der Waals surface area contributed by atoms with E-state index in [9.17, 15) is 4.79 Å². The van der Waals surface area contributed by atoms with Crippen LogP contribution in [0.15, 0.2) is 22.4 Å². The van der Waals surface area contributed by atoms with E-state index in [2.05, 4.69) is 12.6 Å². The fourth-order valence-corrected chi connectivity index (χ4v) is 2.97. The van der Waals surface area contributed by atoms with Crippen LogP contribution in [0.2, 0.25) is 0 Å². The third-order valence-electron chi connectivity index (χ3n) is 2.06. The van der Waals surface area contributed by atoms with Crippen LogP contribution in [0.3, 0.4) is 0 Å². The second kappa shape index (κ2) is 3.93. The molecule has 0 radical (unpaired) electrons. The molecule has 0 saturated carbocycles. The zero-order valence-electron chi connectivity index (χ0n) is 7.16. The van der Waals surface area contributed by atoms with E-state index in [0.29, 0.717) is 11.4 Å². The summed E-state index contributed by atoms with van der Waals surface area (Å²) in [5, 5.41) is 1.05. The van der Waals surface area contributed by atoms with Crippen molar-refractivity contribution < 1.29 is 4.79 Å². The average molecular weight is 243 g/mol. The summed E-state index contributed by atoms with van der Waals surface area (Å²) < 4.78 is 1.89. The molecule has 0 spiro atoms. The molecule has 0 fully saturated rings. The Morgan fingerprint density at radius 2 is 2.29 bits per heavy atom. The van der Waals surface area contributed by atoms with E-state index in [1.165, 1.54) is 11.3 Å². The molecule has 0 saturated heterocycles. The minimum absolute atomic E-state index is 0.365. The van der Waals surface area contributed by atoms with Crippen molar-refractivity contribution in [3.8, 4) is 0 Å². The Morgan fingerprint density at radius 1 is 1.50 bits per heavy atom. The van der Waals surface area contributed by atoms with Crippen molar-refractivity contribution >= 4 is 51.9 Å². The Labute approximate surface area is 96.1 Å². The Balaban J connectivity index is 2.82. The SMILES string of the molecule is O=Cc1c(CCl)ccc2cc(S)sc12. The predicted octanol–water partition coefficient (Wildman–Crippen LogP) is 3.74. The Hall–Kier alpha value is -0.510. The fraction of sp³-hybridized carbons (Fsp3) is 0.100. The molecule has 0 aliphatic heterocycles. The third kappa shape index (κ3) is 1.56. The van der Waals surface area contributed by atoms with E-state index in [1.54, 1.807) is 0 Å². The number of hydrogen-bond donors (Lipinski definition) is 1. The van der Waals surface area contributed by atoms with Crippen LogP contribution in [0.4, 0.5) is 0 Å². The molecule has 4 heteroatoms. The lowest BCUT2D eigenvalue weighted by molar-refractivity contribution is 0.112. The Bertz CT molecular complexity index is 490. The lowest BCUT2D eigenvalue weighted by atomic mass is 10.1. The number of thiol groups is 1. The molecule has 1 nitrogen and oxygen atoms in total. The molecular weight excluding hydrogens is 236 g/mol. The molecule has 2 rings (SSSR count). The van der Waals surface area contributed by atoms with Gasteiger partial charge in [0.05, 0.1) is 4.21 Å². The van der Waals surface area contributed by atoms with E-state index in [0.717, 1.165) is 26.1 Å². The molecule has 1 aromatic heterocycles. The number of alkyl halides is 1. The van der Waals surface area contributed by atoms with Gasteiger partial charge in [-0.05, 0) is 17.0 Å². The zero-order valence-corrected chi connectivity index (χ0v) is 9.63. The molecule has 0 bridgehead atoms. The quantitative estimate of drug-likeness (QED) is 0.482. The van der Waals surface area contributed by atoms with Crippen LogP contribution < -0.4 is 0 Å². The minimum atomic E-state index is 0.365. The summed E-state index contributed by atoms with van der Waals surface area (Å²) in [7, 11) is 0. The van der Waals surface area contributed by atoms with Crippen LogP contribution in [0.1, 0.15) is 15.9 Å². The maximum atomic E-state index is 10.9. The number of aldehydes is 1. The Kier molecular flexibility index (Phi) is 2.81. The van der Waals surface area contributed by atoms with Gasteiger partial charge < -0.3 is 0 Å². The number of fused-ring (bicyclic) bond motifs is 1. The van der Waals surface area contributed by atoms with Crippen molar-refractivity contribution in [2.45, 2.75) is 10.1 Å². The molecule has 1 aromatic carbocycles. The van der Waals surface area contributed by atoms with Gasteiger partial charge in [-0.2, -0.15) is 0 Å². The highest BCUT2D eigenvalue weighted by Gasteiger charge is 2.08. The number of carbonyl (C=O) groups excluding carboxylic acids is 1. The highest BCUT2D eigenvalue weighted by atomic mass is 35.5. The molecular formula is C10H7ClOS2. The van der Waals surface area contributed by atoms with Gasteiger partial charge in [0.1, 0.15) is 0 Å². The van der Waals surface area contributed by atoms with Crippen molar-refractivity contribution in [2.24, 2.45) is 0 Å². The van der Waals surface area contributed by atoms with Crippen molar-refractivity contribution in [2.75, 3.05) is 0 Å². The molecule has 0 N–H and O–H groups in total. The molecule has 0 unspecified atom stereocenters. The van der Waals surface area contributed by atoms with Crippen molar-refractivity contribution in [1.29, 1.82) is 0 Å². The highest BCUT2D eigenvalue weighted by molar-refractivity contribution is 7.83. The van der Waals surface area contributed by atoms with E-state index in [-0.39, 0.29) is 0 Å². The van der Waals surface area contributed by atoms with Crippen LogP contribution in [-0.2, 0) is 5.88 Å². The van der Waals surface area contributed by atoms with Gasteiger partial charge >= 0.3 is 0 Å². The van der Waals surface area contributed by atoms with E-state index in [4.69, 9.17) is 11.6 Å². The number of benzene rings is 1. The molecule has 2 aromatic rings. The number of hydrogen-bond acceptors (Lipinski definition) is 3. The average Bonchev–Trinajstić information content (AvgIpc) is 2.56. The number of rotatable bonds is 2. The summed E-state index contributed by atoms with van der Waals surface area (Å²) in [5.74, 6) is 0.365. The van der Waals surface area contributed by atoms with Gasteiger partial charge in [0, 0.05) is 16.1 Å². The summed E-state index contributed by atoms with van der Waals surface area (Å²) in [4.78, 5) is 10.9. The zero-order chi connectivity index (χ0) is 10.1. The van der Waals surface area contributed by atoms with E-state index < -0.39 is 0 Å². The van der Waals surface area contributed by atoms with Gasteiger partial charge in [0.2, 0.25) is 0 Å². The van der Waals surface area contributed by atoms with Gasteiger partial charge in [-0.25, -0.2) is 0 Å². The largest absolute Gasteiger partial charge is 0.298 e. The molecule has 14 heavy (non-hydrogen) atoms. The highest BCUT2D eigenvalue weighted by Crippen LogP contribution is 2.32. The van der Waals surface area contributed by atoms with E-state index >= 15 is 0 Å². The number of halogens is 1. The minimum Gasteiger partial charge on any atom is -0.298 e. The first-order valence-electron chi connectivity index (χ1n) is 4.02. The van der Waals surface area contributed by atoms with Gasteiger partial charge in [0.15, 0.2) is 6.29 Å².